The van der Waals surface area contributed by atoms with Gasteiger partial charge in [-0.05, 0) is 13.3 Å². The molecule has 1 aliphatic carbocycles. The summed E-state index contributed by atoms with van der Waals surface area (Å²) in [7, 11) is 0. The summed E-state index contributed by atoms with van der Waals surface area (Å²) < 4.78 is 16.4. The summed E-state index contributed by atoms with van der Waals surface area (Å²) in [5, 5.41) is 9.45. The van der Waals surface area contributed by atoms with E-state index in [1.165, 1.54) is 0 Å². The Bertz CT molecular complexity index is 179. The van der Waals surface area contributed by atoms with Crippen molar-refractivity contribution in [1.82, 2.24) is 0 Å². The zero-order chi connectivity index (χ0) is 9.97. The fourth-order valence-corrected chi connectivity index (χ4v) is 1.97. The molecule has 0 aromatic heterocycles. The average Bonchev–Trinajstić information content (AvgIpc) is 2.66. The van der Waals surface area contributed by atoms with E-state index in [0.29, 0.717) is 19.6 Å². The number of hydrogen-bond donors (Lipinski definition) is 1. The maximum atomic E-state index is 9.45. The summed E-state index contributed by atoms with van der Waals surface area (Å²) >= 11 is 0. The van der Waals surface area contributed by atoms with Crippen molar-refractivity contribution >= 4 is 0 Å². The van der Waals surface area contributed by atoms with Crippen molar-refractivity contribution in [3.8, 4) is 0 Å². The van der Waals surface area contributed by atoms with Crippen molar-refractivity contribution in [2.75, 3.05) is 19.8 Å². The molecule has 0 bridgehead atoms. The van der Waals surface area contributed by atoms with Gasteiger partial charge in [0.05, 0.1) is 24.9 Å². The lowest BCUT2D eigenvalue weighted by atomic mass is 9.88. The highest BCUT2D eigenvalue weighted by atomic mass is 16.6. The second-order valence-electron chi connectivity index (χ2n) is 3.88. The quantitative estimate of drug-likeness (QED) is 0.713. The van der Waals surface area contributed by atoms with Crippen LogP contribution >= 0.6 is 0 Å². The molecule has 0 amide bonds. The van der Waals surface area contributed by atoms with E-state index in [9.17, 15) is 5.11 Å². The first kappa shape index (κ1) is 10.4. The Balaban J connectivity index is 1.75. The van der Waals surface area contributed by atoms with Gasteiger partial charge in [0, 0.05) is 19.6 Å². The van der Waals surface area contributed by atoms with E-state index < -0.39 is 0 Å². The van der Waals surface area contributed by atoms with E-state index in [1.54, 1.807) is 0 Å². The molecular weight excluding hydrogens is 184 g/mol. The molecule has 4 heteroatoms. The predicted molar refractivity (Wildman–Crippen MR) is 50.1 cm³/mol. The highest BCUT2D eigenvalue weighted by Gasteiger charge is 2.43. The minimum atomic E-state index is -0.345. The smallest absolute Gasteiger partial charge is 0.110 e. The number of aliphatic hydroxyl groups excluding tert-OH is 1. The summed E-state index contributed by atoms with van der Waals surface area (Å²) in [5.74, 6) is 0. The third-order valence-corrected chi connectivity index (χ3v) is 2.83. The second-order valence-corrected chi connectivity index (χ2v) is 3.88. The molecule has 0 aromatic rings. The number of rotatable bonds is 4. The monoisotopic (exact) mass is 202 g/mol. The van der Waals surface area contributed by atoms with Gasteiger partial charge in [-0.25, -0.2) is 0 Å². The first-order chi connectivity index (χ1) is 6.81. The van der Waals surface area contributed by atoms with Gasteiger partial charge in [0.25, 0.3) is 0 Å². The zero-order valence-corrected chi connectivity index (χ0v) is 8.52. The lowest BCUT2D eigenvalue weighted by molar-refractivity contribution is -0.205. The van der Waals surface area contributed by atoms with E-state index in [-0.39, 0.29) is 24.4 Å². The Hall–Kier alpha value is -0.160. The lowest BCUT2D eigenvalue weighted by Crippen LogP contribution is -2.54. The molecule has 82 valence electrons. The molecule has 2 fully saturated rings. The zero-order valence-electron chi connectivity index (χ0n) is 8.52. The Labute approximate surface area is 84.1 Å². The van der Waals surface area contributed by atoms with Crippen molar-refractivity contribution in [3.63, 3.8) is 0 Å². The van der Waals surface area contributed by atoms with Crippen LogP contribution in [0.2, 0.25) is 0 Å². The Kier molecular flexibility index (Phi) is 3.38. The van der Waals surface area contributed by atoms with Crippen molar-refractivity contribution in [2.45, 2.75) is 44.2 Å². The SMILES string of the molecule is CCOC1C(O)CC1OC1CCOC1. The Morgan fingerprint density at radius 3 is 2.93 bits per heavy atom. The van der Waals surface area contributed by atoms with Crippen LogP contribution in [0, 0.1) is 0 Å². The van der Waals surface area contributed by atoms with Gasteiger partial charge in [-0.2, -0.15) is 0 Å². The molecule has 1 N–H and O–H groups in total. The van der Waals surface area contributed by atoms with Crippen molar-refractivity contribution < 1.29 is 19.3 Å². The first-order valence-electron chi connectivity index (χ1n) is 5.34. The topological polar surface area (TPSA) is 47.9 Å². The van der Waals surface area contributed by atoms with Gasteiger partial charge in [0.2, 0.25) is 0 Å². The van der Waals surface area contributed by atoms with Crippen molar-refractivity contribution in [3.05, 3.63) is 0 Å². The van der Waals surface area contributed by atoms with E-state index >= 15 is 0 Å². The fourth-order valence-electron chi connectivity index (χ4n) is 1.97. The number of aliphatic hydroxyl groups is 1. The Morgan fingerprint density at radius 2 is 2.36 bits per heavy atom. The van der Waals surface area contributed by atoms with Crippen LogP contribution in [0.4, 0.5) is 0 Å². The van der Waals surface area contributed by atoms with Crippen LogP contribution in [0.1, 0.15) is 19.8 Å². The summed E-state index contributed by atoms with van der Waals surface area (Å²) in [4.78, 5) is 0. The summed E-state index contributed by atoms with van der Waals surface area (Å²) in [6.45, 7) is 4.04. The molecule has 14 heavy (non-hydrogen) atoms. The highest BCUT2D eigenvalue weighted by Crippen LogP contribution is 2.29. The molecule has 4 nitrogen and oxygen atoms in total. The third kappa shape index (κ3) is 2.08. The minimum Gasteiger partial charge on any atom is -0.390 e. The van der Waals surface area contributed by atoms with Gasteiger partial charge in [-0.1, -0.05) is 0 Å². The van der Waals surface area contributed by atoms with E-state index in [0.717, 1.165) is 13.0 Å². The maximum absolute atomic E-state index is 9.45. The van der Waals surface area contributed by atoms with Crippen LogP contribution in [0.3, 0.4) is 0 Å². The minimum absolute atomic E-state index is 0.0663. The summed E-state index contributed by atoms with van der Waals surface area (Å²) in [6.07, 6.45) is 1.46. The molecule has 0 spiro atoms. The molecule has 4 unspecified atom stereocenters. The van der Waals surface area contributed by atoms with Crippen LogP contribution in [0.25, 0.3) is 0 Å². The van der Waals surface area contributed by atoms with Gasteiger partial charge >= 0.3 is 0 Å². The average molecular weight is 202 g/mol. The van der Waals surface area contributed by atoms with Crippen LogP contribution in [-0.4, -0.2) is 49.3 Å². The fraction of sp³-hybridized carbons (Fsp3) is 1.00. The van der Waals surface area contributed by atoms with Crippen LogP contribution in [0.15, 0.2) is 0 Å². The largest absolute Gasteiger partial charge is 0.390 e. The molecule has 0 aromatic carbocycles. The predicted octanol–water partition coefficient (Wildman–Crippen LogP) is 0.330. The molecule has 1 saturated carbocycles. The van der Waals surface area contributed by atoms with Crippen molar-refractivity contribution in [2.24, 2.45) is 0 Å². The third-order valence-electron chi connectivity index (χ3n) is 2.83. The van der Waals surface area contributed by atoms with Gasteiger partial charge in [-0.15, -0.1) is 0 Å². The Morgan fingerprint density at radius 1 is 1.50 bits per heavy atom. The van der Waals surface area contributed by atoms with Crippen LogP contribution < -0.4 is 0 Å². The van der Waals surface area contributed by atoms with Gasteiger partial charge in [0.15, 0.2) is 0 Å². The van der Waals surface area contributed by atoms with Crippen LogP contribution in [-0.2, 0) is 14.2 Å². The summed E-state index contributed by atoms with van der Waals surface area (Å²) in [5.41, 5.74) is 0. The highest BCUT2D eigenvalue weighted by molar-refractivity contribution is 4.92. The van der Waals surface area contributed by atoms with Crippen LogP contribution in [0.5, 0.6) is 0 Å². The molecule has 2 rings (SSSR count). The van der Waals surface area contributed by atoms with Crippen molar-refractivity contribution in [1.29, 1.82) is 0 Å². The number of hydrogen-bond acceptors (Lipinski definition) is 4. The van der Waals surface area contributed by atoms with Gasteiger partial charge in [0.1, 0.15) is 6.10 Å². The number of ether oxygens (including phenoxy) is 3. The molecular formula is C10H18O4. The molecule has 0 radical (unpaired) electrons. The molecule has 4 atom stereocenters. The summed E-state index contributed by atoms with van der Waals surface area (Å²) in [6, 6.07) is 0. The molecule has 2 aliphatic rings. The van der Waals surface area contributed by atoms with E-state index in [4.69, 9.17) is 14.2 Å². The van der Waals surface area contributed by atoms with E-state index in [2.05, 4.69) is 0 Å². The first-order valence-corrected chi connectivity index (χ1v) is 5.34. The standard InChI is InChI=1S/C10H18O4/c1-2-13-10-8(11)5-9(10)14-7-3-4-12-6-7/h7-11H,2-6H2,1H3. The van der Waals surface area contributed by atoms with Gasteiger partial charge < -0.3 is 19.3 Å². The normalized spacial score (nSPS) is 42.4. The molecule has 1 heterocycles. The maximum Gasteiger partial charge on any atom is 0.110 e. The molecule has 1 saturated heterocycles. The molecule has 1 aliphatic heterocycles. The van der Waals surface area contributed by atoms with Gasteiger partial charge in [-0.3, -0.25) is 0 Å². The second kappa shape index (κ2) is 4.57. The van der Waals surface area contributed by atoms with E-state index in [1.807, 2.05) is 6.92 Å². The lowest BCUT2D eigenvalue weighted by Gasteiger charge is -2.41.